The first-order chi connectivity index (χ1) is 8.20. The average molecular weight is 238 g/mol. The highest BCUT2D eigenvalue weighted by Crippen LogP contribution is 2.13. The van der Waals surface area contributed by atoms with E-state index in [1.165, 1.54) is 12.3 Å². The van der Waals surface area contributed by atoms with Crippen molar-refractivity contribution >= 4 is 11.8 Å². The number of hydrogen-bond donors (Lipinski definition) is 2. The smallest absolute Gasteiger partial charge is 0.287 e. The second kappa shape index (κ2) is 5.01. The van der Waals surface area contributed by atoms with Gasteiger partial charge in [0.1, 0.15) is 0 Å². The van der Waals surface area contributed by atoms with Crippen LogP contribution in [0.15, 0.2) is 22.8 Å². The molecule has 2 rings (SSSR count). The topological polar surface area (TPSA) is 82.8 Å². The Morgan fingerprint density at radius 2 is 2.29 bits per heavy atom. The third-order valence-corrected chi connectivity index (χ3v) is 2.71. The Balaban J connectivity index is 1.72. The number of carbonyl (C=O) groups excluding carboxylic acids is 2. The summed E-state index contributed by atoms with van der Waals surface area (Å²) in [6.07, 6.45) is 1.40. The summed E-state index contributed by atoms with van der Waals surface area (Å²) in [6, 6.07) is 3.14. The zero-order valence-corrected chi connectivity index (χ0v) is 9.26. The Kier molecular flexibility index (Phi) is 3.43. The Bertz CT molecular complexity index is 396. The highest BCUT2D eigenvalue weighted by molar-refractivity contribution is 5.94. The molecule has 6 heteroatoms. The van der Waals surface area contributed by atoms with Crippen LogP contribution in [0.25, 0.3) is 0 Å². The zero-order chi connectivity index (χ0) is 12.3. The molecule has 0 bridgehead atoms. The molecule has 92 valence electrons. The molecule has 1 aromatic rings. The molecule has 1 fully saturated rings. The van der Waals surface area contributed by atoms with Crippen LogP contribution in [0.3, 0.4) is 0 Å². The zero-order valence-electron chi connectivity index (χ0n) is 9.26. The maximum atomic E-state index is 11.6. The van der Waals surface area contributed by atoms with Crippen LogP contribution in [0.4, 0.5) is 0 Å². The first-order valence-corrected chi connectivity index (χ1v) is 5.41. The van der Waals surface area contributed by atoms with Crippen molar-refractivity contribution in [2.45, 2.75) is 0 Å². The van der Waals surface area contributed by atoms with Gasteiger partial charge in [-0.3, -0.25) is 9.59 Å². The largest absolute Gasteiger partial charge is 0.459 e. The molecular formula is C11H14N2O4. The van der Waals surface area contributed by atoms with Crippen LogP contribution in [-0.2, 0) is 4.79 Å². The monoisotopic (exact) mass is 238 g/mol. The summed E-state index contributed by atoms with van der Waals surface area (Å²) >= 11 is 0. The molecule has 1 saturated heterocycles. The third-order valence-electron chi connectivity index (χ3n) is 2.71. The molecule has 0 atom stereocenters. The summed E-state index contributed by atoms with van der Waals surface area (Å²) in [5, 5.41) is 11.3. The van der Waals surface area contributed by atoms with E-state index in [1.807, 2.05) is 0 Å². The van der Waals surface area contributed by atoms with Gasteiger partial charge in [0.15, 0.2) is 5.76 Å². The standard InChI is InChI=1S/C11H14N2O4/c14-7-8-5-13(6-8)10(15)4-12-11(16)9-2-1-3-17-9/h1-3,8,14H,4-7H2,(H,12,16). The normalized spacial score (nSPS) is 15.5. The highest BCUT2D eigenvalue weighted by Gasteiger charge is 2.29. The van der Waals surface area contributed by atoms with E-state index in [0.717, 1.165) is 0 Å². The molecule has 2 heterocycles. The molecule has 0 spiro atoms. The van der Waals surface area contributed by atoms with Crippen LogP contribution in [0.2, 0.25) is 0 Å². The number of hydrogen-bond acceptors (Lipinski definition) is 4. The minimum absolute atomic E-state index is 0.0440. The van der Waals surface area contributed by atoms with Gasteiger partial charge in [0.25, 0.3) is 5.91 Å². The lowest BCUT2D eigenvalue weighted by atomic mass is 10.0. The number of carbonyl (C=O) groups is 2. The second-order valence-electron chi connectivity index (χ2n) is 4.01. The quantitative estimate of drug-likeness (QED) is 0.738. The molecule has 2 N–H and O–H groups in total. The van der Waals surface area contributed by atoms with Gasteiger partial charge in [-0.15, -0.1) is 0 Å². The van der Waals surface area contributed by atoms with Crippen molar-refractivity contribution in [2.24, 2.45) is 5.92 Å². The number of aliphatic hydroxyl groups is 1. The molecule has 0 aliphatic carbocycles. The Hall–Kier alpha value is -1.82. The number of furan rings is 1. The van der Waals surface area contributed by atoms with Crippen molar-refractivity contribution < 1.29 is 19.1 Å². The molecular weight excluding hydrogens is 224 g/mol. The van der Waals surface area contributed by atoms with E-state index in [4.69, 9.17) is 9.52 Å². The van der Waals surface area contributed by atoms with Crippen molar-refractivity contribution in [1.82, 2.24) is 10.2 Å². The molecule has 17 heavy (non-hydrogen) atoms. The van der Waals surface area contributed by atoms with Gasteiger partial charge in [0, 0.05) is 25.6 Å². The fourth-order valence-corrected chi connectivity index (χ4v) is 1.65. The first kappa shape index (κ1) is 11.7. The van der Waals surface area contributed by atoms with Crippen LogP contribution >= 0.6 is 0 Å². The number of rotatable bonds is 4. The lowest BCUT2D eigenvalue weighted by Crippen LogP contribution is -2.54. The maximum Gasteiger partial charge on any atom is 0.287 e. The van der Waals surface area contributed by atoms with Crippen LogP contribution in [0.1, 0.15) is 10.6 Å². The summed E-state index contributed by atoms with van der Waals surface area (Å²) in [7, 11) is 0. The molecule has 1 aromatic heterocycles. The minimum atomic E-state index is -0.400. The molecule has 1 aliphatic rings. The van der Waals surface area contributed by atoms with Gasteiger partial charge >= 0.3 is 0 Å². The Morgan fingerprint density at radius 1 is 1.53 bits per heavy atom. The number of nitrogens with one attached hydrogen (secondary N) is 1. The highest BCUT2D eigenvalue weighted by atomic mass is 16.3. The van der Waals surface area contributed by atoms with Gasteiger partial charge in [-0.05, 0) is 12.1 Å². The van der Waals surface area contributed by atoms with Crippen LogP contribution in [0, 0.1) is 5.92 Å². The van der Waals surface area contributed by atoms with Gasteiger partial charge in [-0.2, -0.15) is 0 Å². The van der Waals surface area contributed by atoms with Crippen molar-refractivity contribution in [3.8, 4) is 0 Å². The van der Waals surface area contributed by atoms with E-state index < -0.39 is 5.91 Å². The maximum absolute atomic E-state index is 11.6. The van der Waals surface area contributed by atoms with E-state index in [2.05, 4.69) is 5.32 Å². The van der Waals surface area contributed by atoms with E-state index in [9.17, 15) is 9.59 Å². The molecule has 0 radical (unpaired) electrons. The predicted molar refractivity (Wildman–Crippen MR) is 58.2 cm³/mol. The third kappa shape index (κ3) is 2.65. The van der Waals surface area contributed by atoms with Gasteiger partial charge in [0.05, 0.1) is 12.8 Å². The lowest BCUT2D eigenvalue weighted by Gasteiger charge is -2.38. The summed E-state index contributed by atoms with van der Waals surface area (Å²) in [5.41, 5.74) is 0. The Labute approximate surface area is 98.2 Å². The Morgan fingerprint density at radius 3 is 2.88 bits per heavy atom. The summed E-state index contributed by atoms with van der Waals surface area (Å²) in [4.78, 5) is 24.6. The second-order valence-corrected chi connectivity index (χ2v) is 4.01. The van der Waals surface area contributed by atoms with E-state index in [0.29, 0.717) is 13.1 Å². The van der Waals surface area contributed by atoms with Crippen molar-refractivity contribution in [1.29, 1.82) is 0 Å². The summed E-state index contributed by atoms with van der Waals surface area (Å²) < 4.78 is 4.89. The molecule has 2 amide bonds. The number of amides is 2. The van der Waals surface area contributed by atoms with Gasteiger partial charge in [0.2, 0.25) is 5.91 Å². The summed E-state index contributed by atoms with van der Waals surface area (Å²) in [5.74, 6) is -0.174. The van der Waals surface area contributed by atoms with E-state index in [1.54, 1.807) is 11.0 Å². The fourth-order valence-electron chi connectivity index (χ4n) is 1.65. The SMILES string of the molecule is O=C(NCC(=O)N1CC(CO)C1)c1ccco1. The van der Waals surface area contributed by atoms with Gasteiger partial charge in [-0.25, -0.2) is 0 Å². The minimum Gasteiger partial charge on any atom is -0.459 e. The fraction of sp³-hybridized carbons (Fsp3) is 0.455. The molecule has 6 nitrogen and oxygen atoms in total. The van der Waals surface area contributed by atoms with Crippen molar-refractivity contribution in [3.63, 3.8) is 0 Å². The number of aliphatic hydroxyl groups excluding tert-OH is 1. The molecule has 0 unspecified atom stereocenters. The lowest BCUT2D eigenvalue weighted by molar-refractivity contribution is -0.137. The van der Waals surface area contributed by atoms with E-state index >= 15 is 0 Å². The van der Waals surface area contributed by atoms with Crippen LogP contribution in [0.5, 0.6) is 0 Å². The first-order valence-electron chi connectivity index (χ1n) is 5.41. The number of nitrogens with zero attached hydrogens (tertiary/aromatic N) is 1. The van der Waals surface area contributed by atoms with E-state index in [-0.39, 0.29) is 30.7 Å². The summed E-state index contributed by atoms with van der Waals surface area (Å²) in [6.45, 7) is 1.18. The molecule has 1 aliphatic heterocycles. The van der Waals surface area contributed by atoms with Crippen LogP contribution in [-0.4, -0.2) is 48.1 Å². The molecule has 0 aromatic carbocycles. The van der Waals surface area contributed by atoms with Crippen molar-refractivity contribution in [2.75, 3.05) is 26.2 Å². The van der Waals surface area contributed by atoms with Crippen molar-refractivity contribution in [3.05, 3.63) is 24.2 Å². The average Bonchev–Trinajstić information content (AvgIpc) is 2.77. The van der Waals surface area contributed by atoms with Crippen LogP contribution < -0.4 is 5.32 Å². The predicted octanol–water partition coefficient (Wildman–Crippen LogP) is -0.540. The van der Waals surface area contributed by atoms with Gasteiger partial charge in [-0.1, -0.05) is 0 Å². The van der Waals surface area contributed by atoms with Gasteiger partial charge < -0.3 is 19.7 Å². The number of likely N-dealkylation sites (tertiary alicyclic amines) is 1. The molecule has 0 saturated carbocycles.